The topological polar surface area (TPSA) is 137 Å². The van der Waals surface area contributed by atoms with E-state index in [0.717, 1.165) is 28.5 Å². The lowest BCUT2D eigenvalue weighted by Gasteiger charge is -2.09. The van der Waals surface area contributed by atoms with Crippen LogP contribution in [0.4, 0.5) is 11.4 Å². The number of benzene rings is 4. The summed E-state index contributed by atoms with van der Waals surface area (Å²) in [5, 5.41) is 28.2. The molecule has 36 heavy (non-hydrogen) atoms. The Hall–Kier alpha value is -5.12. The number of ether oxygens (including phenoxy) is 1. The second kappa shape index (κ2) is 10.9. The summed E-state index contributed by atoms with van der Waals surface area (Å²) in [6, 6.07) is 24.4. The van der Waals surface area contributed by atoms with Crippen molar-refractivity contribution in [1.29, 1.82) is 0 Å². The van der Waals surface area contributed by atoms with Gasteiger partial charge in [0.1, 0.15) is 12.4 Å². The maximum Gasteiger partial charge on any atom is 0.279 e. The Morgan fingerprint density at radius 1 is 0.889 bits per heavy atom. The highest BCUT2D eigenvalue weighted by Crippen LogP contribution is 2.25. The molecule has 0 aliphatic rings. The summed E-state index contributed by atoms with van der Waals surface area (Å²) in [5.74, 6) is 0.0767. The van der Waals surface area contributed by atoms with E-state index in [1.807, 2.05) is 24.3 Å². The number of carbonyl (C=O) groups is 1. The molecule has 0 heterocycles. The number of hydrogen-bond donors (Lipinski definition) is 1. The molecule has 0 spiro atoms. The molecule has 0 saturated heterocycles. The average Bonchev–Trinajstić information content (AvgIpc) is 2.88. The van der Waals surface area contributed by atoms with Crippen LogP contribution in [0.25, 0.3) is 10.8 Å². The van der Waals surface area contributed by atoms with Crippen molar-refractivity contribution in [2.24, 2.45) is 5.10 Å². The van der Waals surface area contributed by atoms with Crippen molar-refractivity contribution in [3.05, 3.63) is 122 Å². The van der Waals surface area contributed by atoms with Crippen LogP contribution < -0.4 is 10.2 Å². The van der Waals surface area contributed by atoms with Crippen molar-refractivity contribution in [3.63, 3.8) is 0 Å². The van der Waals surface area contributed by atoms with Gasteiger partial charge in [-0.05, 0) is 52.2 Å². The van der Waals surface area contributed by atoms with Crippen LogP contribution in [0, 0.1) is 20.2 Å². The van der Waals surface area contributed by atoms with Crippen molar-refractivity contribution >= 4 is 34.3 Å². The van der Waals surface area contributed by atoms with Gasteiger partial charge >= 0.3 is 0 Å². The van der Waals surface area contributed by atoms with E-state index in [2.05, 4.69) is 28.7 Å². The Morgan fingerprint density at radius 2 is 1.64 bits per heavy atom. The maximum atomic E-state index is 12.2. The second-order valence-electron chi connectivity index (χ2n) is 7.79. The van der Waals surface area contributed by atoms with Gasteiger partial charge in [0.25, 0.3) is 11.4 Å². The predicted molar refractivity (Wildman–Crippen MR) is 134 cm³/mol. The number of nitro benzene ring substituents is 2. The van der Waals surface area contributed by atoms with E-state index < -0.39 is 27.1 Å². The molecule has 180 valence electrons. The minimum Gasteiger partial charge on any atom is -0.489 e. The highest BCUT2D eigenvalue weighted by Gasteiger charge is 2.21. The average molecular weight is 484 g/mol. The van der Waals surface area contributed by atoms with Crippen LogP contribution in [0.3, 0.4) is 0 Å². The summed E-state index contributed by atoms with van der Waals surface area (Å²) < 4.78 is 5.91. The van der Waals surface area contributed by atoms with Crippen LogP contribution >= 0.6 is 0 Å². The molecular formula is C26H20N4O6. The molecule has 0 aliphatic heterocycles. The molecule has 0 radical (unpaired) electrons. The fourth-order valence-electron chi connectivity index (χ4n) is 3.61. The molecule has 4 aromatic carbocycles. The van der Waals surface area contributed by atoms with Crippen LogP contribution in [-0.4, -0.2) is 22.0 Å². The second-order valence-corrected chi connectivity index (χ2v) is 7.79. The largest absolute Gasteiger partial charge is 0.489 e. The molecule has 0 saturated carbocycles. The number of non-ortho nitro benzene ring substituents is 1. The number of amides is 1. The number of hydrogen-bond acceptors (Lipinski definition) is 7. The summed E-state index contributed by atoms with van der Waals surface area (Å²) in [5.41, 5.74) is 3.21. The Labute approximate surface area is 205 Å². The van der Waals surface area contributed by atoms with Gasteiger partial charge in [-0.3, -0.25) is 25.0 Å². The number of rotatable bonds is 9. The molecule has 0 aromatic heterocycles. The minimum atomic E-state index is -0.761. The van der Waals surface area contributed by atoms with Crippen LogP contribution in [0.1, 0.15) is 16.7 Å². The third-order valence-electron chi connectivity index (χ3n) is 5.38. The monoisotopic (exact) mass is 484 g/mol. The fraction of sp³-hybridized carbons (Fsp3) is 0.0769. The number of nitrogens with zero attached hydrogens (tertiary/aromatic N) is 3. The normalized spacial score (nSPS) is 10.9. The Morgan fingerprint density at radius 3 is 2.39 bits per heavy atom. The van der Waals surface area contributed by atoms with E-state index in [4.69, 9.17) is 4.74 Å². The van der Waals surface area contributed by atoms with E-state index in [9.17, 15) is 25.0 Å². The highest BCUT2D eigenvalue weighted by atomic mass is 16.6. The predicted octanol–water partition coefficient (Wildman–Crippen LogP) is 4.93. The zero-order valence-corrected chi connectivity index (χ0v) is 18.9. The van der Waals surface area contributed by atoms with Gasteiger partial charge in [0.15, 0.2) is 0 Å². The Kier molecular flexibility index (Phi) is 7.25. The number of hydrazone groups is 1. The van der Waals surface area contributed by atoms with Crippen molar-refractivity contribution in [1.82, 2.24) is 5.43 Å². The Balaban J connectivity index is 1.32. The molecule has 4 aromatic rings. The molecule has 4 rings (SSSR count). The van der Waals surface area contributed by atoms with Crippen LogP contribution in [0.2, 0.25) is 0 Å². The summed E-state index contributed by atoms with van der Waals surface area (Å²) >= 11 is 0. The SMILES string of the molecule is O=C(Cc1ccc([N+](=O)[O-])cc1[N+](=O)[O-])N/N=C\c1ccc(OCc2cccc3ccccc23)cc1. The number of carbonyl (C=O) groups excluding carboxylic acids is 1. The first kappa shape index (κ1) is 24.0. The van der Waals surface area contributed by atoms with Crippen LogP contribution in [-0.2, 0) is 17.8 Å². The first-order valence-electron chi connectivity index (χ1n) is 10.8. The minimum absolute atomic E-state index is 0.0472. The van der Waals surface area contributed by atoms with E-state index in [0.29, 0.717) is 17.9 Å². The zero-order valence-electron chi connectivity index (χ0n) is 18.9. The number of nitrogens with one attached hydrogen (secondary N) is 1. The molecule has 1 amide bonds. The summed E-state index contributed by atoms with van der Waals surface area (Å²) in [4.78, 5) is 32.7. The van der Waals surface area contributed by atoms with Gasteiger partial charge in [-0.1, -0.05) is 42.5 Å². The third kappa shape index (κ3) is 5.86. The summed E-state index contributed by atoms with van der Waals surface area (Å²) in [6.07, 6.45) is 1.07. The first-order valence-corrected chi connectivity index (χ1v) is 10.8. The fourth-order valence-corrected chi connectivity index (χ4v) is 3.61. The van der Waals surface area contributed by atoms with E-state index in [-0.39, 0.29) is 12.0 Å². The summed E-state index contributed by atoms with van der Waals surface area (Å²) in [7, 11) is 0. The number of nitro groups is 2. The van der Waals surface area contributed by atoms with E-state index in [1.54, 1.807) is 24.3 Å². The third-order valence-corrected chi connectivity index (χ3v) is 5.38. The summed E-state index contributed by atoms with van der Waals surface area (Å²) in [6.45, 7) is 0.416. The first-order chi connectivity index (χ1) is 17.4. The smallest absolute Gasteiger partial charge is 0.279 e. The molecule has 0 fully saturated rings. The van der Waals surface area contributed by atoms with Gasteiger partial charge in [0.05, 0.1) is 28.5 Å². The van der Waals surface area contributed by atoms with Gasteiger partial charge in [-0.15, -0.1) is 0 Å². The zero-order chi connectivity index (χ0) is 25.5. The highest BCUT2D eigenvalue weighted by molar-refractivity contribution is 5.86. The molecule has 10 heteroatoms. The lowest BCUT2D eigenvalue weighted by atomic mass is 10.1. The van der Waals surface area contributed by atoms with Gasteiger partial charge < -0.3 is 4.74 Å². The van der Waals surface area contributed by atoms with Crippen LogP contribution in [0.15, 0.2) is 90.0 Å². The molecular weight excluding hydrogens is 464 g/mol. The van der Waals surface area contributed by atoms with Crippen molar-refractivity contribution in [2.75, 3.05) is 0 Å². The lowest BCUT2D eigenvalue weighted by molar-refractivity contribution is -0.394. The number of fused-ring (bicyclic) bond motifs is 1. The van der Waals surface area contributed by atoms with Crippen molar-refractivity contribution in [3.8, 4) is 5.75 Å². The van der Waals surface area contributed by atoms with Crippen LogP contribution in [0.5, 0.6) is 5.75 Å². The molecule has 1 N–H and O–H groups in total. The molecule has 0 atom stereocenters. The molecule has 0 bridgehead atoms. The molecule has 0 unspecified atom stereocenters. The van der Waals surface area contributed by atoms with E-state index in [1.165, 1.54) is 12.3 Å². The van der Waals surface area contributed by atoms with Gasteiger partial charge in [0.2, 0.25) is 5.91 Å². The van der Waals surface area contributed by atoms with Crippen molar-refractivity contribution < 1.29 is 19.4 Å². The van der Waals surface area contributed by atoms with Gasteiger partial charge in [-0.2, -0.15) is 5.10 Å². The van der Waals surface area contributed by atoms with Crippen molar-refractivity contribution in [2.45, 2.75) is 13.0 Å². The van der Waals surface area contributed by atoms with Gasteiger partial charge in [-0.25, -0.2) is 5.43 Å². The molecule has 10 nitrogen and oxygen atoms in total. The van der Waals surface area contributed by atoms with Gasteiger partial charge in [0, 0.05) is 11.6 Å². The molecule has 0 aliphatic carbocycles. The lowest BCUT2D eigenvalue weighted by Crippen LogP contribution is -2.20. The quantitative estimate of drug-likeness (QED) is 0.203. The maximum absolute atomic E-state index is 12.2. The van der Waals surface area contributed by atoms with E-state index >= 15 is 0 Å². The Bertz CT molecular complexity index is 1460. The standard InChI is InChI=1S/C26H20N4O6/c31-26(14-20-10-11-22(29(32)33)15-25(20)30(34)35)28-27-16-18-8-12-23(13-9-18)36-17-21-6-3-5-19-4-1-2-7-24(19)21/h1-13,15-16H,14,17H2,(H,28,31)/b27-16-.